The number of benzene rings is 1. The maximum atomic E-state index is 12.0. The summed E-state index contributed by atoms with van der Waals surface area (Å²) in [4.78, 5) is 24.3. The average Bonchev–Trinajstić information content (AvgIpc) is 3.04. The van der Waals surface area contributed by atoms with Gasteiger partial charge in [0.1, 0.15) is 5.75 Å². The molecule has 0 saturated heterocycles. The second-order valence-electron chi connectivity index (χ2n) is 4.28. The fourth-order valence-electron chi connectivity index (χ4n) is 1.74. The molecular formula is C16H14O5S. The summed E-state index contributed by atoms with van der Waals surface area (Å²) in [5.74, 6) is -1.36. The number of hydrogen-bond acceptors (Lipinski definition) is 6. The van der Waals surface area contributed by atoms with E-state index in [1.165, 1.54) is 11.3 Å². The van der Waals surface area contributed by atoms with Gasteiger partial charge < -0.3 is 14.6 Å². The fourth-order valence-corrected chi connectivity index (χ4v) is 2.66. The summed E-state index contributed by atoms with van der Waals surface area (Å²) in [5.41, 5.74) is 0.950. The molecule has 1 heterocycles. The van der Waals surface area contributed by atoms with Crippen molar-refractivity contribution in [1.82, 2.24) is 0 Å². The van der Waals surface area contributed by atoms with Crippen molar-refractivity contribution in [2.45, 2.75) is 0 Å². The van der Waals surface area contributed by atoms with Gasteiger partial charge in [0, 0.05) is 11.0 Å². The Balaban J connectivity index is 2.20. The van der Waals surface area contributed by atoms with Gasteiger partial charge >= 0.3 is 5.97 Å². The Kier molecular flexibility index (Phi) is 4.95. The Hall–Kier alpha value is -2.60. The normalized spacial score (nSPS) is 11.1. The van der Waals surface area contributed by atoms with Crippen LogP contribution in [0.5, 0.6) is 5.75 Å². The summed E-state index contributed by atoms with van der Waals surface area (Å²) in [7, 11) is 2.72. The number of ketones is 1. The van der Waals surface area contributed by atoms with E-state index < -0.39 is 17.5 Å². The van der Waals surface area contributed by atoms with Crippen LogP contribution in [0.25, 0.3) is 10.4 Å². The first-order valence-corrected chi connectivity index (χ1v) is 7.14. The predicted octanol–water partition coefficient (Wildman–Crippen LogP) is 3.22. The first-order chi connectivity index (χ1) is 10.5. The molecule has 1 aromatic heterocycles. The third kappa shape index (κ3) is 3.53. The van der Waals surface area contributed by atoms with Gasteiger partial charge in [-0.2, -0.15) is 0 Å². The van der Waals surface area contributed by atoms with Crippen LogP contribution in [-0.2, 0) is 9.53 Å². The molecule has 0 unspecified atom stereocenters. The van der Waals surface area contributed by atoms with E-state index >= 15 is 0 Å². The first kappa shape index (κ1) is 15.8. The summed E-state index contributed by atoms with van der Waals surface area (Å²) in [6, 6.07) is 10.9. The van der Waals surface area contributed by atoms with E-state index in [9.17, 15) is 14.7 Å². The zero-order chi connectivity index (χ0) is 16.1. The molecule has 0 spiro atoms. The average molecular weight is 318 g/mol. The summed E-state index contributed by atoms with van der Waals surface area (Å²) in [5, 5.41) is 9.39. The highest BCUT2D eigenvalue weighted by Crippen LogP contribution is 2.29. The molecule has 0 aliphatic rings. The Morgan fingerprint density at radius 1 is 1.09 bits per heavy atom. The summed E-state index contributed by atoms with van der Waals surface area (Å²) in [6.07, 6.45) is 0.857. The quantitative estimate of drug-likeness (QED) is 0.396. The molecule has 114 valence electrons. The SMILES string of the molecule is COC(=O)C(O)=CC(=O)c1ccc(-c2ccc(OC)cc2)s1. The molecule has 2 rings (SSSR count). The van der Waals surface area contributed by atoms with E-state index in [0.717, 1.165) is 29.4 Å². The topological polar surface area (TPSA) is 72.8 Å². The van der Waals surface area contributed by atoms with E-state index in [1.807, 2.05) is 30.3 Å². The van der Waals surface area contributed by atoms with Crippen LogP contribution in [-0.4, -0.2) is 31.1 Å². The number of methoxy groups -OCH3 is 2. The predicted molar refractivity (Wildman–Crippen MR) is 83.4 cm³/mol. The largest absolute Gasteiger partial charge is 0.502 e. The summed E-state index contributed by atoms with van der Waals surface area (Å²) < 4.78 is 9.42. The number of allylic oxidation sites excluding steroid dienone is 1. The molecule has 0 aliphatic carbocycles. The van der Waals surface area contributed by atoms with Crippen molar-refractivity contribution in [2.24, 2.45) is 0 Å². The number of carbonyl (C=O) groups is 2. The molecule has 22 heavy (non-hydrogen) atoms. The van der Waals surface area contributed by atoms with Crippen molar-refractivity contribution in [3.05, 3.63) is 53.1 Å². The maximum absolute atomic E-state index is 12.0. The Morgan fingerprint density at radius 2 is 1.77 bits per heavy atom. The second kappa shape index (κ2) is 6.91. The lowest BCUT2D eigenvalue weighted by molar-refractivity contribution is -0.139. The number of esters is 1. The number of aliphatic hydroxyl groups excluding tert-OH is 1. The second-order valence-corrected chi connectivity index (χ2v) is 5.36. The molecule has 0 atom stereocenters. The number of thiophene rings is 1. The molecule has 0 radical (unpaired) electrons. The van der Waals surface area contributed by atoms with Gasteiger partial charge in [0.05, 0.1) is 19.1 Å². The van der Waals surface area contributed by atoms with Crippen molar-refractivity contribution in [1.29, 1.82) is 0 Å². The number of aliphatic hydroxyl groups is 1. The zero-order valence-electron chi connectivity index (χ0n) is 12.0. The minimum Gasteiger partial charge on any atom is -0.502 e. The number of hydrogen-bond donors (Lipinski definition) is 1. The Morgan fingerprint density at radius 3 is 2.36 bits per heavy atom. The number of ether oxygens (including phenoxy) is 2. The molecule has 6 heteroatoms. The van der Waals surface area contributed by atoms with Crippen LogP contribution >= 0.6 is 11.3 Å². The maximum Gasteiger partial charge on any atom is 0.373 e. The van der Waals surface area contributed by atoms with Gasteiger partial charge in [-0.3, -0.25) is 4.79 Å². The van der Waals surface area contributed by atoms with E-state index in [4.69, 9.17) is 4.74 Å². The molecule has 0 bridgehead atoms. The van der Waals surface area contributed by atoms with Crippen LogP contribution in [0.15, 0.2) is 48.2 Å². The van der Waals surface area contributed by atoms with Gasteiger partial charge in [-0.25, -0.2) is 4.79 Å². The molecular weight excluding hydrogens is 304 g/mol. The smallest absolute Gasteiger partial charge is 0.373 e. The Labute approximate surface area is 131 Å². The Bertz CT molecular complexity index is 712. The molecule has 0 fully saturated rings. The van der Waals surface area contributed by atoms with Crippen LogP contribution in [0.1, 0.15) is 9.67 Å². The molecule has 0 aliphatic heterocycles. The van der Waals surface area contributed by atoms with E-state index in [0.29, 0.717) is 4.88 Å². The molecule has 2 aromatic rings. The highest BCUT2D eigenvalue weighted by molar-refractivity contribution is 7.17. The lowest BCUT2D eigenvalue weighted by atomic mass is 10.2. The molecule has 0 saturated carbocycles. The van der Waals surface area contributed by atoms with Crippen LogP contribution in [0.3, 0.4) is 0 Å². The van der Waals surface area contributed by atoms with Crippen molar-refractivity contribution >= 4 is 23.1 Å². The molecule has 0 amide bonds. The van der Waals surface area contributed by atoms with Gasteiger partial charge in [-0.15, -0.1) is 11.3 Å². The lowest BCUT2D eigenvalue weighted by Gasteiger charge is -2.00. The summed E-state index contributed by atoms with van der Waals surface area (Å²) in [6.45, 7) is 0. The molecule has 1 N–H and O–H groups in total. The van der Waals surface area contributed by atoms with Crippen LogP contribution < -0.4 is 4.74 Å². The van der Waals surface area contributed by atoms with Crippen LogP contribution in [0, 0.1) is 0 Å². The fraction of sp³-hybridized carbons (Fsp3) is 0.125. The zero-order valence-corrected chi connectivity index (χ0v) is 12.8. The molecule has 5 nitrogen and oxygen atoms in total. The standard InChI is InChI=1S/C16H14O5S/c1-20-11-5-3-10(4-6-11)14-7-8-15(22-14)12(17)9-13(18)16(19)21-2/h3-9,18H,1-2H3. The van der Waals surface area contributed by atoms with Crippen LogP contribution in [0.4, 0.5) is 0 Å². The molecule has 1 aromatic carbocycles. The van der Waals surface area contributed by atoms with E-state index in [2.05, 4.69) is 4.74 Å². The van der Waals surface area contributed by atoms with Gasteiger partial charge in [0.25, 0.3) is 0 Å². The third-order valence-electron chi connectivity index (χ3n) is 2.89. The highest BCUT2D eigenvalue weighted by atomic mass is 32.1. The number of rotatable bonds is 5. The van der Waals surface area contributed by atoms with Gasteiger partial charge in [0.2, 0.25) is 5.76 Å². The van der Waals surface area contributed by atoms with Crippen LogP contribution in [0.2, 0.25) is 0 Å². The summed E-state index contributed by atoms with van der Waals surface area (Å²) >= 11 is 1.27. The number of carbonyl (C=O) groups excluding carboxylic acids is 2. The first-order valence-electron chi connectivity index (χ1n) is 6.32. The van der Waals surface area contributed by atoms with Gasteiger partial charge in [-0.1, -0.05) is 0 Å². The minimum absolute atomic E-state index is 0.418. The van der Waals surface area contributed by atoms with E-state index in [-0.39, 0.29) is 0 Å². The van der Waals surface area contributed by atoms with Crippen molar-refractivity contribution in [3.63, 3.8) is 0 Å². The van der Waals surface area contributed by atoms with Gasteiger partial charge in [-0.05, 0) is 42.0 Å². The van der Waals surface area contributed by atoms with Crippen molar-refractivity contribution in [2.75, 3.05) is 14.2 Å². The van der Waals surface area contributed by atoms with Gasteiger partial charge in [0.15, 0.2) is 5.78 Å². The monoisotopic (exact) mass is 318 g/mol. The third-order valence-corrected chi connectivity index (χ3v) is 4.03. The highest BCUT2D eigenvalue weighted by Gasteiger charge is 2.13. The lowest BCUT2D eigenvalue weighted by Crippen LogP contribution is -2.06. The van der Waals surface area contributed by atoms with Crippen molar-refractivity contribution < 1.29 is 24.2 Å². The minimum atomic E-state index is -0.944. The van der Waals surface area contributed by atoms with E-state index in [1.54, 1.807) is 13.2 Å². The van der Waals surface area contributed by atoms with Crippen molar-refractivity contribution in [3.8, 4) is 16.2 Å².